The number of methoxy groups -OCH3 is 3. The van der Waals surface area contributed by atoms with E-state index in [1.165, 1.54) is 5.56 Å². The molecule has 4 nitrogen and oxygen atoms in total. The smallest absolute Gasteiger partial charge is 0.161 e. The normalized spacial score (nSPS) is 11.9. The van der Waals surface area contributed by atoms with Gasteiger partial charge in [-0.05, 0) is 37.6 Å². The summed E-state index contributed by atoms with van der Waals surface area (Å²) in [5.74, 6) is 2.39. The molecule has 0 radical (unpaired) electrons. The molecular weight excluding hydrogens is 290 g/mol. The van der Waals surface area contributed by atoms with E-state index in [-0.39, 0.29) is 6.04 Å². The van der Waals surface area contributed by atoms with Crippen LogP contribution in [-0.4, -0.2) is 21.3 Å². The van der Waals surface area contributed by atoms with Crippen LogP contribution in [0, 0.1) is 6.92 Å². The lowest BCUT2D eigenvalue weighted by Gasteiger charge is -2.18. The van der Waals surface area contributed by atoms with Gasteiger partial charge in [0.1, 0.15) is 5.75 Å². The highest BCUT2D eigenvalue weighted by molar-refractivity contribution is 5.43. The molecule has 0 bridgehead atoms. The van der Waals surface area contributed by atoms with Gasteiger partial charge >= 0.3 is 0 Å². The zero-order valence-electron chi connectivity index (χ0n) is 14.5. The standard InChI is InChI=1S/C19H25NO3/c1-13-6-8-17(21-3)16(10-13)14(2)20-12-15-7-9-18(22-4)19(11-15)23-5/h6-11,14,20H,12H2,1-5H3. The summed E-state index contributed by atoms with van der Waals surface area (Å²) in [6, 6.07) is 12.4. The number of hydrogen-bond donors (Lipinski definition) is 1. The van der Waals surface area contributed by atoms with Crippen LogP contribution in [0.15, 0.2) is 36.4 Å². The van der Waals surface area contributed by atoms with Crippen LogP contribution in [0.5, 0.6) is 17.2 Å². The first-order chi connectivity index (χ1) is 11.1. The van der Waals surface area contributed by atoms with Crippen molar-refractivity contribution in [1.29, 1.82) is 0 Å². The van der Waals surface area contributed by atoms with E-state index in [9.17, 15) is 0 Å². The molecule has 0 aliphatic heterocycles. The van der Waals surface area contributed by atoms with Gasteiger partial charge in [-0.2, -0.15) is 0 Å². The zero-order chi connectivity index (χ0) is 16.8. The summed E-state index contributed by atoms with van der Waals surface area (Å²) in [6.45, 7) is 4.96. The highest BCUT2D eigenvalue weighted by Crippen LogP contribution is 2.29. The quantitative estimate of drug-likeness (QED) is 0.842. The SMILES string of the molecule is COc1ccc(CNC(C)c2cc(C)ccc2OC)cc1OC. The molecule has 0 aromatic heterocycles. The molecule has 0 amide bonds. The summed E-state index contributed by atoms with van der Waals surface area (Å²) in [5, 5.41) is 3.53. The van der Waals surface area contributed by atoms with Crippen LogP contribution in [0.1, 0.15) is 29.7 Å². The van der Waals surface area contributed by atoms with Gasteiger partial charge in [-0.1, -0.05) is 23.8 Å². The van der Waals surface area contributed by atoms with E-state index in [2.05, 4.69) is 31.3 Å². The Morgan fingerprint density at radius 2 is 1.52 bits per heavy atom. The van der Waals surface area contributed by atoms with E-state index in [0.717, 1.165) is 34.9 Å². The minimum Gasteiger partial charge on any atom is -0.496 e. The first-order valence-corrected chi connectivity index (χ1v) is 7.67. The average Bonchev–Trinajstić information content (AvgIpc) is 2.59. The fraction of sp³-hybridized carbons (Fsp3) is 0.368. The third-order valence-electron chi connectivity index (χ3n) is 3.91. The lowest BCUT2D eigenvalue weighted by Crippen LogP contribution is -2.19. The number of benzene rings is 2. The Bertz CT molecular complexity index is 655. The van der Waals surface area contributed by atoms with E-state index >= 15 is 0 Å². The van der Waals surface area contributed by atoms with Gasteiger partial charge in [0.2, 0.25) is 0 Å². The predicted octanol–water partition coefficient (Wildman–Crippen LogP) is 3.87. The van der Waals surface area contributed by atoms with Crippen LogP contribution in [0.4, 0.5) is 0 Å². The van der Waals surface area contributed by atoms with Gasteiger partial charge in [0.25, 0.3) is 0 Å². The van der Waals surface area contributed by atoms with Crippen molar-refractivity contribution in [3.8, 4) is 17.2 Å². The Hall–Kier alpha value is -2.20. The molecule has 2 aromatic carbocycles. The topological polar surface area (TPSA) is 39.7 Å². The molecule has 124 valence electrons. The van der Waals surface area contributed by atoms with Crippen molar-refractivity contribution in [1.82, 2.24) is 5.32 Å². The highest BCUT2D eigenvalue weighted by atomic mass is 16.5. The molecule has 0 fully saturated rings. The molecule has 1 N–H and O–H groups in total. The van der Waals surface area contributed by atoms with Crippen molar-refractivity contribution in [2.24, 2.45) is 0 Å². The Morgan fingerprint density at radius 1 is 0.870 bits per heavy atom. The van der Waals surface area contributed by atoms with Crippen LogP contribution in [0.3, 0.4) is 0 Å². The third-order valence-corrected chi connectivity index (χ3v) is 3.91. The van der Waals surface area contributed by atoms with E-state index < -0.39 is 0 Å². The van der Waals surface area contributed by atoms with Crippen LogP contribution < -0.4 is 19.5 Å². The molecule has 1 atom stereocenters. The number of hydrogen-bond acceptors (Lipinski definition) is 4. The first kappa shape index (κ1) is 17.2. The number of rotatable bonds is 7. The largest absolute Gasteiger partial charge is 0.496 e. The van der Waals surface area contributed by atoms with Crippen molar-refractivity contribution in [2.75, 3.05) is 21.3 Å². The van der Waals surface area contributed by atoms with E-state index in [4.69, 9.17) is 14.2 Å². The number of ether oxygens (including phenoxy) is 3. The predicted molar refractivity (Wildman–Crippen MR) is 92.5 cm³/mol. The zero-order valence-corrected chi connectivity index (χ0v) is 14.5. The second-order valence-corrected chi connectivity index (χ2v) is 5.54. The van der Waals surface area contributed by atoms with Crippen molar-refractivity contribution >= 4 is 0 Å². The second kappa shape index (κ2) is 7.88. The second-order valence-electron chi connectivity index (χ2n) is 5.54. The minimum atomic E-state index is 0.179. The van der Waals surface area contributed by atoms with E-state index in [1.54, 1.807) is 21.3 Å². The Balaban J connectivity index is 2.10. The van der Waals surface area contributed by atoms with Crippen molar-refractivity contribution in [3.05, 3.63) is 53.1 Å². The molecule has 0 heterocycles. The molecule has 0 aliphatic carbocycles. The van der Waals surface area contributed by atoms with Gasteiger partial charge in [-0.25, -0.2) is 0 Å². The van der Waals surface area contributed by atoms with Crippen molar-refractivity contribution in [3.63, 3.8) is 0 Å². The van der Waals surface area contributed by atoms with Crippen LogP contribution in [0.25, 0.3) is 0 Å². The maximum Gasteiger partial charge on any atom is 0.161 e. The monoisotopic (exact) mass is 315 g/mol. The van der Waals surface area contributed by atoms with Gasteiger partial charge in [-0.3, -0.25) is 0 Å². The lowest BCUT2D eigenvalue weighted by molar-refractivity contribution is 0.354. The molecular formula is C19H25NO3. The van der Waals surface area contributed by atoms with Crippen LogP contribution in [-0.2, 0) is 6.54 Å². The molecule has 1 unspecified atom stereocenters. The average molecular weight is 315 g/mol. The summed E-state index contributed by atoms with van der Waals surface area (Å²) in [5.41, 5.74) is 3.52. The minimum absolute atomic E-state index is 0.179. The fourth-order valence-electron chi connectivity index (χ4n) is 2.56. The maximum absolute atomic E-state index is 5.46. The Kier molecular flexibility index (Phi) is 5.88. The highest BCUT2D eigenvalue weighted by Gasteiger charge is 2.12. The van der Waals surface area contributed by atoms with Crippen molar-refractivity contribution in [2.45, 2.75) is 26.4 Å². The number of nitrogens with one attached hydrogen (secondary N) is 1. The van der Waals surface area contributed by atoms with Gasteiger partial charge < -0.3 is 19.5 Å². The molecule has 2 aromatic rings. The lowest BCUT2D eigenvalue weighted by atomic mass is 10.0. The summed E-state index contributed by atoms with van der Waals surface area (Å²) >= 11 is 0. The molecule has 2 rings (SSSR count). The Labute approximate surface area is 138 Å². The Morgan fingerprint density at radius 3 is 2.17 bits per heavy atom. The van der Waals surface area contributed by atoms with Gasteiger partial charge in [0.15, 0.2) is 11.5 Å². The van der Waals surface area contributed by atoms with Crippen molar-refractivity contribution < 1.29 is 14.2 Å². The summed E-state index contributed by atoms with van der Waals surface area (Å²) in [4.78, 5) is 0. The first-order valence-electron chi connectivity index (χ1n) is 7.67. The fourth-order valence-corrected chi connectivity index (χ4v) is 2.56. The summed E-state index contributed by atoms with van der Waals surface area (Å²) in [6.07, 6.45) is 0. The van der Waals surface area contributed by atoms with Gasteiger partial charge in [0, 0.05) is 18.2 Å². The van der Waals surface area contributed by atoms with Gasteiger partial charge in [0.05, 0.1) is 21.3 Å². The molecule has 0 spiro atoms. The molecule has 23 heavy (non-hydrogen) atoms. The maximum atomic E-state index is 5.46. The molecule has 0 saturated heterocycles. The summed E-state index contributed by atoms with van der Waals surface area (Å²) < 4.78 is 16.1. The van der Waals surface area contributed by atoms with E-state index in [0.29, 0.717) is 0 Å². The molecule has 4 heteroatoms. The third kappa shape index (κ3) is 4.17. The molecule has 0 aliphatic rings. The molecule has 0 saturated carbocycles. The van der Waals surface area contributed by atoms with Crippen LogP contribution in [0.2, 0.25) is 0 Å². The van der Waals surface area contributed by atoms with Crippen LogP contribution >= 0.6 is 0 Å². The van der Waals surface area contributed by atoms with Gasteiger partial charge in [-0.15, -0.1) is 0 Å². The summed E-state index contributed by atoms with van der Waals surface area (Å²) in [7, 11) is 4.99. The van der Waals surface area contributed by atoms with E-state index in [1.807, 2.05) is 24.3 Å². The number of aryl methyl sites for hydroxylation is 1.